The standard InChI is InChI=1S/C11H22O4Si.H4Si/c1-4-16(12-2,13-3)14-8-9-5-6-10-11(7-9)15-10;/h9-11H,4-8H2,1-3H3;1H4. The average molecular weight is 278 g/mol. The number of rotatable bonds is 6. The van der Waals surface area contributed by atoms with Crippen LogP contribution in [0.25, 0.3) is 0 Å². The van der Waals surface area contributed by atoms with E-state index in [2.05, 4.69) is 6.92 Å². The van der Waals surface area contributed by atoms with Gasteiger partial charge in [-0.15, -0.1) is 0 Å². The van der Waals surface area contributed by atoms with Crippen molar-refractivity contribution in [2.45, 2.75) is 44.4 Å². The van der Waals surface area contributed by atoms with Gasteiger partial charge >= 0.3 is 8.80 Å². The fourth-order valence-corrected chi connectivity index (χ4v) is 4.15. The van der Waals surface area contributed by atoms with Gasteiger partial charge in [0.2, 0.25) is 0 Å². The fourth-order valence-electron chi connectivity index (χ4n) is 2.47. The van der Waals surface area contributed by atoms with Crippen molar-refractivity contribution >= 4 is 19.8 Å². The summed E-state index contributed by atoms with van der Waals surface area (Å²) >= 11 is 0. The molecular formula is C11H26O4Si2. The maximum atomic E-state index is 5.92. The zero-order valence-corrected chi connectivity index (χ0v) is 11.4. The van der Waals surface area contributed by atoms with Crippen molar-refractivity contribution in [3.8, 4) is 0 Å². The molecule has 0 amide bonds. The van der Waals surface area contributed by atoms with E-state index in [1.807, 2.05) is 0 Å². The molecule has 0 spiro atoms. The molecular weight excluding hydrogens is 252 g/mol. The molecule has 1 heterocycles. The molecule has 3 atom stereocenters. The second kappa shape index (κ2) is 6.44. The molecule has 1 saturated heterocycles. The Morgan fingerprint density at radius 3 is 2.41 bits per heavy atom. The van der Waals surface area contributed by atoms with Crippen LogP contribution >= 0.6 is 0 Å². The molecule has 0 aromatic rings. The van der Waals surface area contributed by atoms with Crippen molar-refractivity contribution < 1.29 is 18.0 Å². The molecule has 1 aliphatic carbocycles. The van der Waals surface area contributed by atoms with E-state index in [1.165, 1.54) is 12.8 Å². The zero-order valence-electron chi connectivity index (χ0n) is 10.4. The van der Waals surface area contributed by atoms with Crippen molar-refractivity contribution in [1.82, 2.24) is 0 Å². The fraction of sp³-hybridized carbons (Fsp3) is 1.00. The first-order valence-electron chi connectivity index (χ1n) is 6.12. The maximum Gasteiger partial charge on any atom is 0.500 e. The van der Waals surface area contributed by atoms with Gasteiger partial charge in [0.05, 0.1) is 12.2 Å². The molecule has 1 saturated carbocycles. The molecule has 0 aromatic carbocycles. The monoisotopic (exact) mass is 278 g/mol. The Kier molecular flexibility index (Phi) is 5.81. The van der Waals surface area contributed by atoms with Gasteiger partial charge in [0.1, 0.15) is 0 Å². The van der Waals surface area contributed by atoms with Gasteiger partial charge in [0.15, 0.2) is 0 Å². The Bertz CT molecular complexity index is 227. The van der Waals surface area contributed by atoms with Crippen LogP contribution < -0.4 is 0 Å². The lowest BCUT2D eigenvalue weighted by molar-refractivity contribution is 0.0770. The topological polar surface area (TPSA) is 40.2 Å². The predicted molar refractivity (Wildman–Crippen MR) is 73.5 cm³/mol. The number of hydrogen-bond acceptors (Lipinski definition) is 4. The molecule has 0 N–H and O–H groups in total. The van der Waals surface area contributed by atoms with Crippen molar-refractivity contribution in [2.75, 3.05) is 20.8 Å². The third-order valence-electron chi connectivity index (χ3n) is 3.71. The van der Waals surface area contributed by atoms with Gasteiger partial charge in [0, 0.05) is 26.9 Å². The van der Waals surface area contributed by atoms with E-state index in [1.54, 1.807) is 14.2 Å². The lowest BCUT2D eigenvalue weighted by Crippen LogP contribution is -2.44. The molecule has 1 aliphatic heterocycles. The highest BCUT2D eigenvalue weighted by Crippen LogP contribution is 2.39. The van der Waals surface area contributed by atoms with Crippen LogP contribution in [0.5, 0.6) is 0 Å². The van der Waals surface area contributed by atoms with Gasteiger partial charge in [-0.1, -0.05) is 6.92 Å². The van der Waals surface area contributed by atoms with Crippen molar-refractivity contribution in [1.29, 1.82) is 0 Å². The van der Waals surface area contributed by atoms with Crippen LogP contribution in [0.1, 0.15) is 26.2 Å². The second-order valence-corrected chi connectivity index (χ2v) is 7.83. The van der Waals surface area contributed by atoms with Crippen molar-refractivity contribution in [3.63, 3.8) is 0 Å². The van der Waals surface area contributed by atoms with Crippen molar-refractivity contribution in [2.24, 2.45) is 5.92 Å². The van der Waals surface area contributed by atoms with Crippen molar-refractivity contribution in [3.05, 3.63) is 0 Å². The van der Waals surface area contributed by atoms with Gasteiger partial charge in [-0.25, -0.2) is 0 Å². The molecule has 17 heavy (non-hydrogen) atoms. The normalized spacial score (nSPS) is 31.6. The SMILES string of the molecule is CC[Si](OC)(OC)OCC1CCC2OC2C1.[SiH4]. The van der Waals surface area contributed by atoms with Crippen LogP contribution in [0.15, 0.2) is 0 Å². The molecule has 4 nitrogen and oxygen atoms in total. The van der Waals surface area contributed by atoms with Crippen LogP contribution in [0, 0.1) is 5.92 Å². The first-order valence-corrected chi connectivity index (χ1v) is 8.06. The predicted octanol–water partition coefficient (Wildman–Crippen LogP) is 0.370. The number of epoxide rings is 1. The van der Waals surface area contributed by atoms with Crippen LogP contribution in [0.2, 0.25) is 6.04 Å². The lowest BCUT2D eigenvalue weighted by Gasteiger charge is -2.28. The van der Waals surface area contributed by atoms with E-state index in [0.717, 1.165) is 19.1 Å². The Morgan fingerprint density at radius 2 is 1.88 bits per heavy atom. The first kappa shape index (κ1) is 15.3. The Balaban J connectivity index is 0.00000144. The summed E-state index contributed by atoms with van der Waals surface area (Å²) in [6.07, 6.45) is 4.63. The van der Waals surface area contributed by atoms with Crippen LogP contribution in [-0.2, 0) is 18.0 Å². The summed E-state index contributed by atoms with van der Waals surface area (Å²) in [5, 5.41) is 0. The quantitative estimate of drug-likeness (QED) is 0.520. The Hall–Kier alpha value is 0.274. The van der Waals surface area contributed by atoms with Crippen LogP contribution in [0.3, 0.4) is 0 Å². The van der Waals surface area contributed by atoms with E-state index in [-0.39, 0.29) is 11.0 Å². The molecule has 0 bridgehead atoms. The van der Waals surface area contributed by atoms with Gasteiger partial charge in [-0.2, -0.15) is 0 Å². The van der Waals surface area contributed by atoms with Crippen LogP contribution in [0.4, 0.5) is 0 Å². The summed E-state index contributed by atoms with van der Waals surface area (Å²) in [5.41, 5.74) is 0. The summed E-state index contributed by atoms with van der Waals surface area (Å²) in [5.74, 6) is 0.618. The largest absolute Gasteiger partial charge is 0.500 e. The molecule has 6 heteroatoms. The molecule has 2 aliphatic rings. The highest BCUT2D eigenvalue weighted by molar-refractivity contribution is 6.60. The molecule has 0 radical (unpaired) electrons. The minimum Gasteiger partial charge on any atom is -0.377 e. The smallest absolute Gasteiger partial charge is 0.377 e. The molecule has 0 aromatic heterocycles. The lowest BCUT2D eigenvalue weighted by atomic mass is 9.90. The van der Waals surface area contributed by atoms with E-state index in [9.17, 15) is 0 Å². The first-order chi connectivity index (χ1) is 7.73. The van der Waals surface area contributed by atoms with Gasteiger partial charge in [-0.3, -0.25) is 0 Å². The zero-order chi connectivity index (χ0) is 11.6. The summed E-state index contributed by atoms with van der Waals surface area (Å²) < 4.78 is 22.3. The van der Waals surface area contributed by atoms with E-state index >= 15 is 0 Å². The van der Waals surface area contributed by atoms with Gasteiger partial charge in [0.25, 0.3) is 0 Å². The summed E-state index contributed by atoms with van der Waals surface area (Å²) in [6.45, 7) is 2.81. The molecule has 3 unspecified atom stereocenters. The van der Waals surface area contributed by atoms with E-state index in [0.29, 0.717) is 18.1 Å². The maximum absolute atomic E-state index is 5.92. The average Bonchev–Trinajstić information content (AvgIpc) is 3.10. The van der Waals surface area contributed by atoms with Gasteiger partial charge < -0.3 is 18.0 Å². The minimum atomic E-state index is -2.35. The number of ether oxygens (including phenoxy) is 1. The summed E-state index contributed by atoms with van der Waals surface area (Å²) in [6, 6.07) is 0.829. The number of fused-ring (bicyclic) bond motifs is 1. The highest BCUT2D eigenvalue weighted by atomic mass is 28.4. The van der Waals surface area contributed by atoms with Gasteiger partial charge in [-0.05, 0) is 36.1 Å². The number of hydrogen-bond donors (Lipinski definition) is 0. The van der Waals surface area contributed by atoms with E-state index < -0.39 is 8.80 Å². The molecule has 102 valence electrons. The third-order valence-corrected chi connectivity index (χ3v) is 6.42. The summed E-state index contributed by atoms with van der Waals surface area (Å²) in [7, 11) is 1.01. The summed E-state index contributed by atoms with van der Waals surface area (Å²) in [4.78, 5) is 0. The molecule has 2 fully saturated rings. The Labute approximate surface area is 109 Å². The van der Waals surface area contributed by atoms with E-state index in [4.69, 9.17) is 18.0 Å². The molecule has 2 rings (SSSR count). The second-order valence-electron chi connectivity index (χ2n) is 4.65. The highest BCUT2D eigenvalue weighted by Gasteiger charge is 2.45. The Morgan fingerprint density at radius 1 is 1.18 bits per heavy atom. The van der Waals surface area contributed by atoms with Crippen LogP contribution in [-0.4, -0.2) is 52.8 Å². The minimum absolute atomic E-state index is 0. The third kappa shape index (κ3) is 3.62.